The van der Waals surface area contributed by atoms with Gasteiger partial charge in [-0.05, 0) is 19.9 Å². The highest BCUT2D eigenvalue weighted by atomic mass is 19.2. The number of aryl methyl sites for hydroxylation is 1. The summed E-state index contributed by atoms with van der Waals surface area (Å²) < 4.78 is 63.1. The Labute approximate surface area is 212 Å². The minimum absolute atomic E-state index is 0.00970. The van der Waals surface area contributed by atoms with Crippen molar-refractivity contribution >= 4 is 18.2 Å². The number of benzene rings is 1. The van der Waals surface area contributed by atoms with Crippen LogP contribution in [0, 0.1) is 37.1 Å². The molecule has 2 aliphatic heterocycles. The quantitative estimate of drug-likeness (QED) is 0.396. The maximum atomic E-state index is 14.4. The van der Waals surface area contributed by atoms with Crippen LogP contribution in [0.15, 0.2) is 29.5 Å². The number of ether oxygens (including phenoxy) is 1. The van der Waals surface area contributed by atoms with Gasteiger partial charge in [0.25, 0.3) is 0 Å². The fourth-order valence-corrected chi connectivity index (χ4v) is 4.46. The van der Waals surface area contributed by atoms with Gasteiger partial charge in [-0.1, -0.05) is 0 Å². The minimum atomic E-state index is -1.37. The van der Waals surface area contributed by atoms with Gasteiger partial charge in [0.1, 0.15) is 17.5 Å². The first kappa shape index (κ1) is 25.2. The molecular formula is C24H20F4N6O4. The van der Waals surface area contributed by atoms with Gasteiger partial charge in [-0.3, -0.25) is 0 Å². The number of aromatic nitrogens is 3. The van der Waals surface area contributed by atoms with E-state index in [2.05, 4.69) is 15.2 Å². The Hall–Kier alpha value is -4.49. The average molecular weight is 532 g/mol. The van der Waals surface area contributed by atoms with Gasteiger partial charge in [-0.15, -0.1) is 0 Å². The molecule has 1 fully saturated rings. The maximum absolute atomic E-state index is 14.4. The van der Waals surface area contributed by atoms with Crippen molar-refractivity contribution in [2.75, 3.05) is 13.1 Å². The zero-order valence-electron chi connectivity index (χ0n) is 20.0. The molecule has 38 heavy (non-hydrogen) atoms. The van der Waals surface area contributed by atoms with Crippen LogP contribution in [-0.2, 0) is 0 Å². The lowest BCUT2D eigenvalue weighted by molar-refractivity contribution is 0.0254. The number of carboxylic acids is 1. The van der Waals surface area contributed by atoms with E-state index in [0.29, 0.717) is 11.8 Å². The third kappa shape index (κ3) is 4.31. The van der Waals surface area contributed by atoms with Crippen LogP contribution in [0.2, 0.25) is 0 Å². The van der Waals surface area contributed by atoms with Crippen molar-refractivity contribution in [3.8, 4) is 11.6 Å². The van der Waals surface area contributed by atoms with E-state index in [-0.39, 0.29) is 47.9 Å². The highest BCUT2D eigenvalue weighted by Gasteiger charge is 2.40. The lowest BCUT2D eigenvalue weighted by Gasteiger charge is -2.41. The van der Waals surface area contributed by atoms with Crippen molar-refractivity contribution in [3.63, 3.8) is 0 Å². The number of carbonyl (C=O) groups is 2. The van der Waals surface area contributed by atoms with Gasteiger partial charge < -0.3 is 14.7 Å². The van der Waals surface area contributed by atoms with Crippen molar-refractivity contribution < 1.29 is 37.0 Å². The predicted molar refractivity (Wildman–Crippen MR) is 123 cm³/mol. The van der Waals surface area contributed by atoms with E-state index in [0.717, 1.165) is 17.3 Å². The average Bonchev–Trinajstić information content (AvgIpc) is 3.43. The molecule has 1 N–H and O–H groups in total. The molecule has 198 valence electrons. The summed E-state index contributed by atoms with van der Waals surface area (Å²) in [7, 11) is 0. The topological polar surface area (TPSA) is 113 Å². The number of nitrogens with zero attached hydrogens (tertiary/aromatic N) is 6. The molecular weight excluding hydrogens is 512 g/mol. The third-order valence-corrected chi connectivity index (χ3v) is 6.35. The lowest BCUT2D eigenvalue weighted by Crippen LogP contribution is -2.59. The summed E-state index contributed by atoms with van der Waals surface area (Å²) in [6.07, 6.45) is 1.73. The van der Waals surface area contributed by atoms with E-state index in [1.165, 1.54) is 28.8 Å². The Kier molecular flexibility index (Phi) is 6.25. The molecule has 0 saturated carbocycles. The molecule has 5 rings (SSSR count). The molecule has 1 atom stereocenters. The maximum Gasteiger partial charge on any atom is 0.341 e. The van der Waals surface area contributed by atoms with Gasteiger partial charge in [-0.2, -0.15) is 10.2 Å². The number of hydrazone groups is 1. The highest BCUT2D eigenvalue weighted by Crippen LogP contribution is 2.34. The molecule has 0 radical (unpaired) electrons. The van der Waals surface area contributed by atoms with Crippen LogP contribution in [0.4, 0.5) is 22.4 Å². The largest absolute Gasteiger partial charge is 0.483 e. The monoisotopic (exact) mass is 532 g/mol. The molecule has 10 nitrogen and oxygen atoms in total. The van der Waals surface area contributed by atoms with Crippen LogP contribution in [0.5, 0.6) is 5.75 Å². The summed E-state index contributed by atoms with van der Waals surface area (Å²) in [6.45, 7) is 3.15. The van der Waals surface area contributed by atoms with Crippen molar-refractivity contribution in [1.82, 2.24) is 24.7 Å². The van der Waals surface area contributed by atoms with E-state index in [1.54, 1.807) is 6.92 Å². The number of carbonyl (C=O) groups excluding carboxylic acids is 1. The van der Waals surface area contributed by atoms with Crippen LogP contribution in [0.3, 0.4) is 0 Å². The van der Waals surface area contributed by atoms with Crippen LogP contribution >= 0.6 is 0 Å². The number of halogens is 4. The Balaban J connectivity index is 1.27. The summed E-state index contributed by atoms with van der Waals surface area (Å²) in [5, 5.41) is 18.4. The SMILES string of the molecule is Cc1nn(-c2cc(OC3CN(C(=O)N4N=CC[C@@H]4c4cc(F)cc(F)c4F)C3)c(F)cn2)c(C)c1C(=O)O. The molecule has 1 aromatic carbocycles. The zero-order valence-corrected chi connectivity index (χ0v) is 20.0. The van der Waals surface area contributed by atoms with E-state index >= 15 is 0 Å². The second kappa shape index (κ2) is 9.43. The standard InChI is InChI=1S/C24H20F4N6O4/c1-11-21(23(35)36)12(2)33(31-11)20-7-19(17(27)8-29-20)38-14-9-32(10-14)24(37)34-18(3-4-30-34)15-5-13(25)6-16(26)22(15)28/h4-8,14,18H,3,9-10H2,1-2H3,(H,35,36)/t18-/m1/s1. The summed E-state index contributed by atoms with van der Waals surface area (Å²) in [6, 6.07) is 0.859. The number of carboxylic acid groups (broad SMARTS) is 1. The Morgan fingerprint density at radius 3 is 2.50 bits per heavy atom. The van der Waals surface area contributed by atoms with Gasteiger partial charge in [-0.25, -0.2) is 41.8 Å². The van der Waals surface area contributed by atoms with Crippen LogP contribution in [0.1, 0.15) is 39.8 Å². The number of amides is 2. The number of urea groups is 1. The number of aromatic carboxylic acids is 1. The lowest BCUT2D eigenvalue weighted by atomic mass is 10.0. The van der Waals surface area contributed by atoms with Gasteiger partial charge in [0, 0.05) is 30.3 Å². The fourth-order valence-electron chi connectivity index (χ4n) is 4.46. The predicted octanol–water partition coefficient (Wildman–Crippen LogP) is 3.75. The van der Waals surface area contributed by atoms with E-state index < -0.39 is 47.4 Å². The van der Waals surface area contributed by atoms with Gasteiger partial charge in [0.15, 0.2) is 29.0 Å². The van der Waals surface area contributed by atoms with Gasteiger partial charge >= 0.3 is 12.0 Å². The first-order valence-corrected chi connectivity index (χ1v) is 11.4. The normalized spacial score (nSPS) is 17.2. The number of hydrogen-bond acceptors (Lipinski definition) is 6. The molecule has 1 saturated heterocycles. The second-order valence-electron chi connectivity index (χ2n) is 8.85. The van der Waals surface area contributed by atoms with E-state index in [9.17, 15) is 32.3 Å². The molecule has 0 bridgehead atoms. The van der Waals surface area contributed by atoms with Crippen LogP contribution in [-0.4, -0.2) is 67.2 Å². The van der Waals surface area contributed by atoms with E-state index in [1.807, 2.05) is 0 Å². The first-order valence-electron chi connectivity index (χ1n) is 11.4. The number of pyridine rings is 1. The third-order valence-electron chi connectivity index (χ3n) is 6.35. The first-order chi connectivity index (χ1) is 18.0. The molecule has 0 spiro atoms. The van der Waals surface area contributed by atoms with Crippen molar-refractivity contribution in [2.45, 2.75) is 32.4 Å². The summed E-state index contributed by atoms with van der Waals surface area (Å²) in [5.41, 5.74) is 0.245. The Bertz CT molecular complexity index is 1490. The molecule has 3 aromatic rings. The number of likely N-dealkylation sites (tertiary alicyclic amines) is 1. The zero-order chi connectivity index (χ0) is 27.3. The molecule has 4 heterocycles. The fraction of sp³-hybridized carbons (Fsp3) is 0.292. The number of rotatable bonds is 5. The second-order valence-corrected chi connectivity index (χ2v) is 8.85. The van der Waals surface area contributed by atoms with Crippen molar-refractivity contribution in [3.05, 3.63) is 70.2 Å². The molecule has 2 amide bonds. The molecule has 0 unspecified atom stereocenters. The van der Waals surface area contributed by atoms with Gasteiger partial charge in [0.05, 0.1) is 36.7 Å². The summed E-state index contributed by atoms with van der Waals surface area (Å²) in [4.78, 5) is 29.7. The molecule has 14 heteroatoms. The number of hydrogen-bond donors (Lipinski definition) is 1. The summed E-state index contributed by atoms with van der Waals surface area (Å²) in [5.74, 6) is -5.56. The molecule has 2 aliphatic rings. The molecule has 2 aromatic heterocycles. The van der Waals surface area contributed by atoms with Crippen molar-refractivity contribution in [2.24, 2.45) is 5.10 Å². The van der Waals surface area contributed by atoms with Gasteiger partial charge in [0.2, 0.25) is 0 Å². The highest BCUT2D eigenvalue weighted by molar-refractivity contribution is 5.90. The Morgan fingerprint density at radius 1 is 1.08 bits per heavy atom. The molecule has 0 aliphatic carbocycles. The smallest absolute Gasteiger partial charge is 0.341 e. The van der Waals surface area contributed by atoms with Crippen molar-refractivity contribution in [1.29, 1.82) is 0 Å². The van der Waals surface area contributed by atoms with E-state index in [4.69, 9.17) is 4.74 Å². The minimum Gasteiger partial charge on any atom is -0.483 e. The Morgan fingerprint density at radius 2 is 1.82 bits per heavy atom. The van der Waals surface area contributed by atoms with Crippen LogP contribution < -0.4 is 4.74 Å². The summed E-state index contributed by atoms with van der Waals surface area (Å²) >= 11 is 0. The van der Waals surface area contributed by atoms with Crippen LogP contribution in [0.25, 0.3) is 5.82 Å².